The lowest BCUT2D eigenvalue weighted by atomic mass is 10.2. The van der Waals surface area contributed by atoms with E-state index >= 15 is 0 Å². The molecular formula is C17H15FN2OS. The maximum Gasteiger partial charge on any atom is 0.230 e. The van der Waals surface area contributed by atoms with E-state index in [1.165, 1.54) is 23.9 Å². The van der Waals surface area contributed by atoms with Crippen molar-refractivity contribution in [2.24, 2.45) is 0 Å². The van der Waals surface area contributed by atoms with Gasteiger partial charge in [-0.3, -0.25) is 4.79 Å². The number of aromatic nitrogens is 1. The Morgan fingerprint density at radius 3 is 2.73 bits per heavy atom. The minimum atomic E-state index is -0.273. The number of H-pyrrole nitrogens is 1. The smallest absolute Gasteiger partial charge is 0.230 e. The summed E-state index contributed by atoms with van der Waals surface area (Å²) in [6, 6.07) is 14.1. The number of fused-ring (bicyclic) bond motifs is 1. The molecule has 3 aromatic rings. The van der Waals surface area contributed by atoms with Crippen LogP contribution in [0, 0.1) is 5.82 Å². The summed E-state index contributed by atoms with van der Waals surface area (Å²) < 4.78 is 12.8. The quantitative estimate of drug-likeness (QED) is 0.705. The number of para-hydroxylation sites is 1. The first-order chi connectivity index (χ1) is 10.7. The summed E-state index contributed by atoms with van der Waals surface area (Å²) in [5.41, 5.74) is 1.95. The van der Waals surface area contributed by atoms with Crippen LogP contribution in [0.15, 0.2) is 59.6 Å². The fourth-order valence-electron chi connectivity index (χ4n) is 2.16. The monoisotopic (exact) mass is 314 g/mol. The predicted octanol–water partition coefficient (Wildman–Crippen LogP) is 3.72. The number of thioether (sulfide) groups is 1. The maximum atomic E-state index is 12.8. The Morgan fingerprint density at radius 1 is 1.14 bits per heavy atom. The largest absolute Gasteiger partial charge is 0.360 e. The molecule has 0 fully saturated rings. The van der Waals surface area contributed by atoms with Crippen LogP contribution in [-0.4, -0.2) is 16.6 Å². The van der Waals surface area contributed by atoms with Gasteiger partial charge in [0, 0.05) is 28.5 Å². The molecule has 0 saturated heterocycles. The maximum absolute atomic E-state index is 12.8. The number of rotatable bonds is 5. The van der Waals surface area contributed by atoms with E-state index in [2.05, 4.69) is 10.3 Å². The summed E-state index contributed by atoms with van der Waals surface area (Å²) in [5, 5.41) is 3.96. The van der Waals surface area contributed by atoms with Gasteiger partial charge in [-0.1, -0.05) is 30.3 Å². The van der Waals surface area contributed by atoms with Crippen molar-refractivity contribution in [1.29, 1.82) is 0 Å². The van der Waals surface area contributed by atoms with E-state index < -0.39 is 0 Å². The summed E-state index contributed by atoms with van der Waals surface area (Å²) in [7, 11) is 0. The van der Waals surface area contributed by atoms with Gasteiger partial charge in [0.1, 0.15) is 5.82 Å². The van der Waals surface area contributed by atoms with Gasteiger partial charge in [0.2, 0.25) is 5.91 Å². The molecule has 0 unspecified atom stereocenters. The lowest BCUT2D eigenvalue weighted by molar-refractivity contribution is -0.118. The van der Waals surface area contributed by atoms with E-state index in [9.17, 15) is 9.18 Å². The Balaban J connectivity index is 1.53. The Hall–Kier alpha value is -2.27. The predicted molar refractivity (Wildman–Crippen MR) is 87.3 cm³/mol. The van der Waals surface area contributed by atoms with Crippen molar-refractivity contribution in [3.63, 3.8) is 0 Å². The molecule has 3 nitrogen and oxygen atoms in total. The van der Waals surface area contributed by atoms with Crippen molar-refractivity contribution in [1.82, 2.24) is 10.3 Å². The van der Waals surface area contributed by atoms with Gasteiger partial charge in [-0.05, 0) is 23.8 Å². The second-order valence-corrected chi connectivity index (χ2v) is 5.91. The number of hydrogen-bond acceptors (Lipinski definition) is 2. The molecule has 0 aliphatic carbocycles. The van der Waals surface area contributed by atoms with Crippen LogP contribution in [0.4, 0.5) is 4.39 Å². The molecule has 5 heteroatoms. The van der Waals surface area contributed by atoms with E-state index in [0.717, 1.165) is 21.4 Å². The van der Waals surface area contributed by atoms with Gasteiger partial charge in [0.25, 0.3) is 0 Å². The molecule has 0 atom stereocenters. The molecule has 0 spiro atoms. The highest BCUT2D eigenvalue weighted by atomic mass is 32.2. The molecule has 0 radical (unpaired) electrons. The van der Waals surface area contributed by atoms with Crippen molar-refractivity contribution >= 4 is 28.6 Å². The fraction of sp³-hybridized carbons (Fsp3) is 0.118. The SMILES string of the molecule is O=C(CSc1c[nH]c2ccccc12)NCc1ccc(F)cc1. The highest BCUT2D eigenvalue weighted by Crippen LogP contribution is 2.27. The Kier molecular flexibility index (Phi) is 4.44. The molecular weight excluding hydrogens is 299 g/mol. The normalized spacial score (nSPS) is 10.8. The third-order valence-corrected chi connectivity index (χ3v) is 4.37. The van der Waals surface area contributed by atoms with Crippen LogP contribution in [0.25, 0.3) is 10.9 Å². The minimum absolute atomic E-state index is 0.0420. The van der Waals surface area contributed by atoms with Crippen molar-refractivity contribution < 1.29 is 9.18 Å². The molecule has 3 rings (SSSR count). The van der Waals surface area contributed by atoms with Crippen LogP contribution in [0.1, 0.15) is 5.56 Å². The van der Waals surface area contributed by atoms with E-state index in [-0.39, 0.29) is 11.7 Å². The number of benzene rings is 2. The number of hydrogen-bond donors (Lipinski definition) is 2. The minimum Gasteiger partial charge on any atom is -0.360 e. The second-order valence-electron chi connectivity index (χ2n) is 4.89. The third kappa shape index (κ3) is 3.49. The van der Waals surface area contributed by atoms with Gasteiger partial charge in [-0.2, -0.15) is 0 Å². The molecule has 1 amide bonds. The Bertz CT molecular complexity index is 783. The molecule has 2 N–H and O–H groups in total. The topological polar surface area (TPSA) is 44.9 Å². The van der Waals surface area contributed by atoms with E-state index in [4.69, 9.17) is 0 Å². The summed E-state index contributed by atoms with van der Waals surface area (Å²) in [5.74, 6) is 0.0350. The first-order valence-electron chi connectivity index (χ1n) is 6.92. The molecule has 2 aromatic carbocycles. The lowest BCUT2D eigenvalue weighted by Crippen LogP contribution is -2.24. The van der Waals surface area contributed by atoms with Gasteiger partial charge < -0.3 is 10.3 Å². The van der Waals surface area contributed by atoms with Crippen molar-refractivity contribution in [2.45, 2.75) is 11.4 Å². The molecule has 0 bridgehead atoms. The molecule has 1 heterocycles. The average Bonchev–Trinajstić information content (AvgIpc) is 2.96. The number of halogens is 1. The highest BCUT2D eigenvalue weighted by molar-refractivity contribution is 8.00. The molecule has 112 valence electrons. The van der Waals surface area contributed by atoms with Gasteiger partial charge >= 0.3 is 0 Å². The Morgan fingerprint density at radius 2 is 1.91 bits per heavy atom. The summed E-state index contributed by atoms with van der Waals surface area (Å²) in [4.78, 5) is 16.1. The van der Waals surface area contributed by atoms with Gasteiger partial charge in [0.05, 0.1) is 5.75 Å². The zero-order valence-corrected chi connectivity index (χ0v) is 12.6. The van der Waals surface area contributed by atoms with Crippen molar-refractivity contribution in [3.05, 3.63) is 66.1 Å². The van der Waals surface area contributed by atoms with Gasteiger partial charge in [-0.25, -0.2) is 4.39 Å². The zero-order valence-electron chi connectivity index (χ0n) is 11.8. The molecule has 0 saturated carbocycles. The number of carbonyl (C=O) groups excluding carboxylic acids is 1. The molecule has 1 aromatic heterocycles. The van der Waals surface area contributed by atoms with Crippen molar-refractivity contribution in [2.75, 3.05) is 5.75 Å². The van der Waals surface area contributed by atoms with Crippen LogP contribution in [0.5, 0.6) is 0 Å². The number of aromatic amines is 1. The van der Waals surface area contributed by atoms with Crippen LogP contribution in [-0.2, 0) is 11.3 Å². The number of carbonyl (C=O) groups is 1. The number of nitrogens with one attached hydrogen (secondary N) is 2. The summed E-state index contributed by atoms with van der Waals surface area (Å²) >= 11 is 1.50. The van der Waals surface area contributed by atoms with E-state index in [0.29, 0.717) is 12.3 Å². The first kappa shape index (κ1) is 14.7. The fourth-order valence-corrected chi connectivity index (χ4v) is 3.03. The van der Waals surface area contributed by atoms with Crippen LogP contribution < -0.4 is 5.32 Å². The standard InChI is InChI=1S/C17H15FN2OS/c18-13-7-5-12(6-8-13)9-20-17(21)11-22-16-10-19-15-4-2-1-3-14(15)16/h1-8,10,19H,9,11H2,(H,20,21). The van der Waals surface area contributed by atoms with E-state index in [1.54, 1.807) is 12.1 Å². The molecule has 0 aliphatic heterocycles. The average molecular weight is 314 g/mol. The summed E-state index contributed by atoms with van der Waals surface area (Å²) in [6.45, 7) is 0.410. The molecule has 0 aliphatic rings. The van der Waals surface area contributed by atoms with Gasteiger partial charge in [0.15, 0.2) is 0 Å². The van der Waals surface area contributed by atoms with Gasteiger partial charge in [-0.15, -0.1) is 11.8 Å². The third-order valence-electron chi connectivity index (χ3n) is 3.31. The van der Waals surface area contributed by atoms with Crippen LogP contribution in [0.2, 0.25) is 0 Å². The van der Waals surface area contributed by atoms with Crippen LogP contribution in [0.3, 0.4) is 0 Å². The lowest BCUT2D eigenvalue weighted by Gasteiger charge is -2.05. The number of amides is 1. The second kappa shape index (κ2) is 6.66. The van der Waals surface area contributed by atoms with E-state index in [1.807, 2.05) is 30.5 Å². The zero-order chi connectivity index (χ0) is 15.4. The van der Waals surface area contributed by atoms with Crippen molar-refractivity contribution in [3.8, 4) is 0 Å². The summed E-state index contributed by atoms with van der Waals surface area (Å²) in [6.07, 6.45) is 1.92. The Labute approximate surface area is 131 Å². The highest BCUT2D eigenvalue weighted by Gasteiger charge is 2.07. The first-order valence-corrected chi connectivity index (χ1v) is 7.91. The molecule has 22 heavy (non-hydrogen) atoms. The van der Waals surface area contributed by atoms with Crippen LogP contribution >= 0.6 is 11.8 Å².